The summed E-state index contributed by atoms with van der Waals surface area (Å²) in [5.74, 6) is -2.22. The van der Waals surface area contributed by atoms with E-state index in [0.29, 0.717) is 21.6 Å². The highest BCUT2D eigenvalue weighted by Crippen LogP contribution is 2.32. The van der Waals surface area contributed by atoms with Crippen LogP contribution in [0.1, 0.15) is 74.9 Å². The Morgan fingerprint density at radius 3 is 2.19 bits per heavy atom. The van der Waals surface area contributed by atoms with E-state index in [9.17, 15) is 23.3 Å². The van der Waals surface area contributed by atoms with E-state index in [2.05, 4.69) is 9.35 Å². The SMILES string of the molecule is CC(C)c1cc(F)cc(C(C)C)c1CC(=O)N=S(N)(=O)c1ncc(C(C)(C)C(=O)O)s1. The van der Waals surface area contributed by atoms with Crippen LogP contribution in [0.4, 0.5) is 4.39 Å². The molecule has 2 rings (SSSR count). The predicted molar refractivity (Wildman–Crippen MR) is 119 cm³/mol. The van der Waals surface area contributed by atoms with Crippen LogP contribution in [0.15, 0.2) is 27.0 Å². The molecule has 1 unspecified atom stereocenters. The van der Waals surface area contributed by atoms with Gasteiger partial charge in [0, 0.05) is 11.1 Å². The minimum Gasteiger partial charge on any atom is -0.481 e. The quantitative estimate of drug-likeness (QED) is 0.624. The minimum absolute atomic E-state index is 0.0296. The van der Waals surface area contributed by atoms with Crippen LogP contribution in [-0.4, -0.2) is 26.2 Å². The summed E-state index contributed by atoms with van der Waals surface area (Å²) >= 11 is 0.853. The van der Waals surface area contributed by atoms with Gasteiger partial charge < -0.3 is 5.11 Å². The van der Waals surface area contributed by atoms with Crippen molar-refractivity contribution in [3.8, 4) is 0 Å². The Balaban J connectivity index is 2.45. The van der Waals surface area contributed by atoms with E-state index in [-0.39, 0.29) is 28.4 Å². The molecule has 0 radical (unpaired) electrons. The second-order valence-electron chi connectivity index (χ2n) is 8.52. The van der Waals surface area contributed by atoms with E-state index < -0.39 is 27.2 Å². The summed E-state index contributed by atoms with van der Waals surface area (Å²) in [5, 5.41) is 15.2. The second kappa shape index (κ2) is 9.13. The van der Waals surface area contributed by atoms with Gasteiger partial charge in [-0.2, -0.15) is 0 Å². The molecule has 1 heterocycles. The highest BCUT2D eigenvalue weighted by molar-refractivity contribution is 7.93. The molecule has 0 fully saturated rings. The van der Waals surface area contributed by atoms with E-state index in [1.165, 1.54) is 32.2 Å². The molecule has 2 aromatic rings. The lowest BCUT2D eigenvalue weighted by molar-refractivity contribution is -0.142. The first-order valence-electron chi connectivity index (χ1n) is 9.76. The van der Waals surface area contributed by atoms with Gasteiger partial charge in [0.05, 0.1) is 11.8 Å². The average Bonchev–Trinajstić information content (AvgIpc) is 3.13. The molecule has 0 saturated carbocycles. The summed E-state index contributed by atoms with van der Waals surface area (Å²) in [6, 6.07) is 2.81. The van der Waals surface area contributed by atoms with Gasteiger partial charge in [-0.05, 0) is 54.5 Å². The molecule has 0 saturated heterocycles. The lowest BCUT2D eigenvalue weighted by Crippen LogP contribution is -2.27. The number of nitrogens with zero attached hydrogens (tertiary/aromatic N) is 2. The standard InChI is InChI=1S/C21H28FN3O4S2/c1-11(2)14-7-13(22)8-15(12(3)4)16(14)9-18(26)25-31(23,29)20-24-10-17(30-20)21(5,6)19(27)28/h7-8,10-12H,9H2,1-6H3,(H,27,28)(H2,23,25,26,29). The highest BCUT2D eigenvalue weighted by Gasteiger charge is 2.33. The van der Waals surface area contributed by atoms with Crippen LogP contribution in [0.3, 0.4) is 0 Å². The third kappa shape index (κ3) is 5.55. The van der Waals surface area contributed by atoms with Crippen LogP contribution in [0.5, 0.6) is 0 Å². The van der Waals surface area contributed by atoms with Crippen molar-refractivity contribution in [3.05, 3.63) is 45.7 Å². The summed E-state index contributed by atoms with van der Waals surface area (Å²) in [5.41, 5.74) is 0.787. The molecule has 0 aliphatic carbocycles. The molecule has 0 bridgehead atoms. The number of benzene rings is 1. The molecule has 1 aromatic carbocycles. The van der Waals surface area contributed by atoms with Crippen molar-refractivity contribution in [2.24, 2.45) is 9.50 Å². The smallest absolute Gasteiger partial charge is 0.314 e. The Labute approximate surface area is 186 Å². The predicted octanol–water partition coefficient (Wildman–Crippen LogP) is 4.36. The maximum Gasteiger partial charge on any atom is 0.314 e. The number of nitrogens with two attached hydrogens (primary N) is 1. The zero-order valence-electron chi connectivity index (χ0n) is 18.4. The van der Waals surface area contributed by atoms with Gasteiger partial charge in [-0.25, -0.2) is 18.7 Å². The second-order valence-corrected chi connectivity index (χ2v) is 11.5. The monoisotopic (exact) mass is 469 g/mol. The fraction of sp³-hybridized carbons (Fsp3) is 0.476. The first kappa shape index (κ1) is 25.1. The molecule has 0 spiro atoms. The summed E-state index contributed by atoms with van der Waals surface area (Å²) in [6.07, 6.45) is 1.11. The highest BCUT2D eigenvalue weighted by atomic mass is 32.2. The Hall–Kier alpha value is -2.17. The maximum absolute atomic E-state index is 14.1. The Bertz CT molecular complexity index is 1100. The molecule has 1 aromatic heterocycles. The third-order valence-corrected chi connectivity index (χ3v) is 8.14. The summed E-state index contributed by atoms with van der Waals surface area (Å²) in [6.45, 7) is 10.6. The van der Waals surface area contributed by atoms with E-state index >= 15 is 0 Å². The lowest BCUT2D eigenvalue weighted by atomic mass is 9.87. The molecule has 10 heteroatoms. The van der Waals surface area contributed by atoms with Gasteiger partial charge in [0.1, 0.15) is 5.82 Å². The summed E-state index contributed by atoms with van der Waals surface area (Å²) < 4.78 is 30.6. The molecular weight excluding hydrogens is 441 g/mol. The molecule has 0 aliphatic heterocycles. The number of aromatic nitrogens is 1. The van der Waals surface area contributed by atoms with Crippen LogP contribution < -0.4 is 5.14 Å². The van der Waals surface area contributed by atoms with Crippen LogP contribution in [0, 0.1) is 5.82 Å². The number of carboxylic acid groups (broad SMARTS) is 1. The van der Waals surface area contributed by atoms with Gasteiger partial charge in [-0.15, -0.1) is 15.7 Å². The number of hydrogen-bond donors (Lipinski definition) is 2. The number of amides is 1. The number of aliphatic carboxylic acids is 1. The number of halogens is 1. The molecule has 0 aliphatic rings. The number of carbonyl (C=O) groups is 2. The topological polar surface area (TPSA) is 123 Å². The Morgan fingerprint density at radius 1 is 1.23 bits per heavy atom. The number of carbonyl (C=O) groups excluding carboxylic acids is 1. The van der Waals surface area contributed by atoms with Crippen molar-refractivity contribution < 1.29 is 23.3 Å². The summed E-state index contributed by atoms with van der Waals surface area (Å²) in [7, 11) is -3.65. The van der Waals surface area contributed by atoms with Gasteiger partial charge in [-0.1, -0.05) is 27.7 Å². The zero-order chi connectivity index (χ0) is 23.7. The third-order valence-electron chi connectivity index (χ3n) is 4.98. The van der Waals surface area contributed by atoms with E-state index in [4.69, 9.17) is 5.14 Å². The number of hydrogen-bond acceptors (Lipinski definition) is 5. The van der Waals surface area contributed by atoms with Crippen LogP contribution >= 0.6 is 11.3 Å². The van der Waals surface area contributed by atoms with Crippen molar-refractivity contribution in [1.29, 1.82) is 0 Å². The molecule has 1 amide bonds. The van der Waals surface area contributed by atoms with Crippen LogP contribution in [0.2, 0.25) is 0 Å². The van der Waals surface area contributed by atoms with Gasteiger partial charge in [0.2, 0.25) is 4.34 Å². The molecule has 1 atom stereocenters. The molecule has 170 valence electrons. The first-order valence-corrected chi connectivity index (χ1v) is 12.2. The van der Waals surface area contributed by atoms with E-state index in [0.717, 1.165) is 11.3 Å². The molecule has 31 heavy (non-hydrogen) atoms. The van der Waals surface area contributed by atoms with Crippen molar-refractivity contribution in [1.82, 2.24) is 4.98 Å². The number of rotatable bonds is 7. The normalized spacial score (nSPS) is 14.0. The largest absolute Gasteiger partial charge is 0.481 e. The fourth-order valence-corrected chi connectivity index (χ4v) is 5.32. The first-order chi connectivity index (χ1) is 14.2. The minimum atomic E-state index is -3.65. The number of thiazole rings is 1. The maximum atomic E-state index is 14.1. The lowest BCUT2D eigenvalue weighted by Gasteiger charge is -2.19. The van der Waals surface area contributed by atoms with Gasteiger partial charge >= 0.3 is 5.97 Å². The van der Waals surface area contributed by atoms with Gasteiger partial charge in [0.15, 0.2) is 9.92 Å². The Morgan fingerprint density at radius 2 is 1.74 bits per heavy atom. The molecule has 3 N–H and O–H groups in total. The number of carboxylic acids is 1. The fourth-order valence-electron chi connectivity index (χ4n) is 3.08. The van der Waals surface area contributed by atoms with Crippen molar-refractivity contribution >= 4 is 33.1 Å². The van der Waals surface area contributed by atoms with Gasteiger partial charge in [0.25, 0.3) is 5.91 Å². The van der Waals surface area contributed by atoms with Crippen LogP contribution in [-0.2, 0) is 31.3 Å². The summed E-state index contributed by atoms with van der Waals surface area (Å²) in [4.78, 5) is 28.4. The van der Waals surface area contributed by atoms with E-state index in [1.54, 1.807) is 0 Å². The van der Waals surface area contributed by atoms with E-state index in [1.807, 2.05) is 27.7 Å². The van der Waals surface area contributed by atoms with Crippen molar-refractivity contribution in [2.45, 2.75) is 69.6 Å². The van der Waals surface area contributed by atoms with Crippen molar-refractivity contribution in [3.63, 3.8) is 0 Å². The average molecular weight is 470 g/mol. The molecular formula is C21H28FN3O4S2. The van der Waals surface area contributed by atoms with Gasteiger partial charge in [-0.3, -0.25) is 9.59 Å². The van der Waals surface area contributed by atoms with Crippen molar-refractivity contribution in [2.75, 3.05) is 0 Å². The molecule has 7 nitrogen and oxygen atoms in total. The Kier molecular flexibility index (Phi) is 7.39. The van der Waals surface area contributed by atoms with Crippen LogP contribution in [0.25, 0.3) is 0 Å². The zero-order valence-corrected chi connectivity index (χ0v) is 20.1.